The van der Waals surface area contributed by atoms with Crippen molar-refractivity contribution in [1.82, 2.24) is 4.98 Å². The molecule has 0 amide bonds. The summed E-state index contributed by atoms with van der Waals surface area (Å²) >= 11 is 1.68. The summed E-state index contributed by atoms with van der Waals surface area (Å²) in [6.45, 7) is 8.39. The molecule has 1 aliphatic rings. The molecule has 1 aromatic carbocycles. The predicted molar refractivity (Wildman–Crippen MR) is 101 cm³/mol. The van der Waals surface area contributed by atoms with E-state index >= 15 is 0 Å². The van der Waals surface area contributed by atoms with E-state index in [9.17, 15) is 4.79 Å². The minimum absolute atomic E-state index is 0.122. The van der Waals surface area contributed by atoms with Crippen LogP contribution in [-0.2, 0) is 4.74 Å². The predicted octanol–water partition coefficient (Wildman–Crippen LogP) is 4.94. The summed E-state index contributed by atoms with van der Waals surface area (Å²) in [4.78, 5) is 18.0. The average Bonchev–Trinajstić information content (AvgIpc) is 3.30. The van der Waals surface area contributed by atoms with Crippen LogP contribution in [-0.4, -0.2) is 30.6 Å². The Morgan fingerprint density at radius 2 is 2.24 bits per heavy atom. The van der Waals surface area contributed by atoms with E-state index in [1.54, 1.807) is 11.3 Å². The van der Waals surface area contributed by atoms with Gasteiger partial charge < -0.3 is 9.47 Å². The summed E-state index contributed by atoms with van der Waals surface area (Å²) < 4.78 is 11.4. The second kappa shape index (κ2) is 8.11. The molecular weight excluding hydrogens is 334 g/mol. The highest BCUT2D eigenvalue weighted by molar-refractivity contribution is 7.15. The standard InChI is InChI=1S/C20H25NO3S/c1-4-18(22)15-7-16(20-21-10-19(25-20)13(2)3)9-17(8-15)24-12-14-5-6-23-11-14/h7-10,13-14H,4-6,11-12H2,1-3H3/t14-/m0/s1. The molecule has 134 valence electrons. The number of Topliss-reactive ketones (excluding diaryl/α,β-unsaturated/α-hetero) is 1. The van der Waals surface area contributed by atoms with Gasteiger partial charge in [-0.15, -0.1) is 11.3 Å². The molecular formula is C20H25NO3S. The van der Waals surface area contributed by atoms with Crippen LogP contribution in [0.2, 0.25) is 0 Å². The first-order valence-corrected chi connectivity index (χ1v) is 9.73. The molecule has 25 heavy (non-hydrogen) atoms. The van der Waals surface area contributed by atoms with Gasteiger partial charge in [-0.2, -0.15) is 0 Å². The molecule has 1 aromatic heterocycles. The molecule has 2 aromatic rings. The monoisotopic (exact) mass is 359 g/mol. The fourth-order valence-corrected chi connectivity index (χ4v) is 3.69. The van der Waals surface area contributed by atoms with Crippen LogP contribution in [0.1, 0.15) is 54.8 Å². The van der Waals surface area contributed by atoms with E-state index in [0.29, 0.717) is 30.4 Å². The fraction of sp³-hybridized carbons (Fsp3) is 0.500. The summed E-state index contributed by atoms with van der Waals surface area (Å²) in [5.41, 5.74) is 1.65. The number of ether oxygens (including phenoxy) is 2. The van der Waals surface area contributed by atoms with Crippen LogP contribution in [0.4, 0.5) is 0 Å². The third-order valence-electron chi connectivity index (χ3n) is 4.40. The van der Waals surface area contributed by atoms with Crippen LogP contribution < -0.4 is 4.74 Å². The Balaban J connectivity index is 1.87. The van der Waals surface area contributed by atoms with Gasteiger partial charge in [0.1, 0.15) is 10.8 Å². The Morgan fingerprint density at radius 3 is 2.88 bits per heavy atom. The summed E-state index contributed by atoms with van der Waals surface area (Å²) in [6, 6.07) is 5.77. The Morgan fingerprint density at radius 1 is 1.40 bits per heavy atom. The number of rotatable bonds is 7. The van der Waals surface area contributed by atoms with Crippen LogP contribution in [0, 0.1) is 5.92 Å². The molecule has 1 fully saturated rings. The van der Waals surface area contributed by atoms with E-state index in [-0.39, 0.29) is 5.78 Å². The first-order valence-electron chi connectivity index (χ1n) is 8.91. The van der Waals surface area contributed by atoms with Crippen LogP contribution >= 0.6 is 11.3 Å². The Hall–Kier alpha value is -1.72. The van der Waals surface area contributed by atoms with Crippen molar-refractivity contribution >= 4 is 17.1 Å². The molecule has 2 heterocycles. The van der Waals surface area contributed by atoms with Gasteiger partial charge in [-0.25, -0.2) is 4.98 Å². The zero-order valence-electron chi connectivity index (χ0n) is 15.1. The lowest BCUT2D eigenvalue weighted by Gasteiger charge is -2.12. The number of carbonyl (C=O) groups excluding carboxylic acids is 1. The van der Waals surface area contributed by atoms with Gasteiger partial charge in [0.25, 0.3) is 0 Å². The number of aromatic nitrogens is 1. The quantitative estimate of drug-likeness (QED) is 0.657. The average molecular weight is 359 g/mol. The second-order valence-corrected chi connectivity index (χ2v) is 7.85. The van der Waals surface area contributed by atoms with Crippen molar-refractivity contribution in [3.05, 3.63) is 34.8 Å². The van der Waals surface area contributed by atoms with Crippen molar-refractivity contribution in [2.75, 3.05) is 19.8 Å². The Kier molecular flexibility index (Phi) is 5.86. The second-order valence-electron chi connectivity index (χ2n) is 6.79. The topological polar surface area (TPSA) is 48.4 Å². The lowest BCUT2D eigenvalue weighted by molar-refractivity contribution is 0.0987. The number of thiazole rings is 1. The van der Waals surface area contributed by atoms with Gasteiger partial charge in [0.15, 0.2) is 5.78 Å². The highest BCUT2D eigenvalue weighted by Crippen LogP contribution is 2.33. The molecule has 1 aliphatic heterocycles. The molecule has 0 N–H and O–H groups in total. The van der Waals surface area contributed by atoms with Gasteiger partial charge in [-0.1, -0.05) is 20.8 Å². The first-order chi connectivity index (χ1) is 12.1. The van der Waals surface area contributed by atoms with E-state index in [1.807, 2.05) is 31.3 Å². The van der Waals surface area contributed by atoms with Gasteiger partial charge in [-0.05, 0) is 30.5 Å². The molecule has 0 saturated carbocycles. The normalized spacial score (nSPS) is 17.2. The van der Waals surface area contributed by atoms with Crippen LogP contribution in [0.3, 0.4) is 0 Å². The fourth-order valence-electron chi connectivity index (χ4n) is 2.79. The van der Waals surface area contributed by atoms with E-state index in [1.165, 1.54) is 4.88 Å². The lowest BCUT2D eigenvalue weighted by atomic mass is 10.0. The van der Waals surface area contributed by atoms with Gasteiger partial charge in [0, 0.05) is 41.1 Å². The summed E-state index contributed by atoms with van der Waals surface area (Å²) in [7, 11) is 0. The molecule has 0 aliphatic carbocycles. The highest BCUT2D eigenvalue weighted by Gasteiger charge is 2.17. The van der Waals surface area contributed by atoms with Crippen molar-refractivity contribution in [3.63, 3.8) is 0 Å². The number of benzene rings is 1. The molecule has 0 bridgehead atoms. The maximum absolute atomic E-state index is 12.2. The largest absolute Gasteiger partial charge is 0.493 e. The minimum atomic E-state index is 0.122. The minimum Gasteiger partial charge on any atom is -0.493 e. The van der Waals surface area contributed by atoms with Crippen LogP contribution in [0.5, 0.6) is 5.75 Å². The number of hydrogen-bond donors (Lipinski definition) is 0. The lowest BCUT2D eigenvalue weighted by Crippen LogP contribution is -2.12. The molecule has 0 spiro atoms. The van der Waals surface area contributed by atoms with Crippen LogP contribution in [0.15, 0.2) is 24.4 Å². The molecule has 0 radical (unpaired) electrons. The third kappa shape index (κ3) is 4.47. The van der Waals surface area contributed by atoms with Crippen molar-refractivity contribution in [2.45, 2.75) is 39.5 Å². The van der Waals surface area contributed by atoms with Crippen molar-refractivity contribution in [3.8, 4) is 16.3 Å². The van der Waals surface area contributed by atoms with E-state index in [4.69, 9.17) is 9.47 Å². The summed E-state index contributed by atoms with van der Waals surface area (Å²) in [5.74, 6) is 1.74. The third-order valence-corrected chi connectivity index (χ3v) is 5.75. The zero-order valence-corrected chi connectivity index (χ0v) is 15.9. The maximum Gasteiger partial charge on any atom is 0.162 e. The van der Waals surface area contributed by atoms with Crippen molar-refractivity contribution in [2.24, 2.45) is 5.92 Å². The van der Waals surface area contributed by atoms with Gasteiger partial charge in [0.05, 0.1) is 13.2 Å². The highest BCUT2D eigenvalue weighted by atomic mass is 32.1. The molecule has 0 unspecified atom stereocenters. The molecule has 3 rings (SSSR count). The molecule has 4 nitrogen and oxygen atoms in total. The van der Waals surface area contributed by atoms with E-state index < -0.39 is 0 Å². The number of ketones is 1. The van der Waals surface area contributed by atoms with Gasteiger partial charge in [-0.3, -0.25) is 4.79 Å². The van der Waals surface area contributed by atoms with Gasteiger partial charge in [0.2, 0.25) is 0 Å². The van der Waals surface area contributed by atoms with Crippen molar-refractivity contribution < 1.29 is 14.3 Å². The van der Waals surface area contributed by atoms with Gasteiger partial charge >= 0.3 is 0 Å². The summed E-state index contributed by atoms with van der Waals surface area (Å²) in [6.07, 6.45) is 3.44. The zero-order chi connectivity index (χ0) is 17.8. The van der Waals surface area contributed by atoms with E-state index in [0.717, 1.165) is 36.0 Å². The number of nitrogens with zero attached hydrogens (tertiary/aromatic N) is 1. The molecule has 5 heteroatoms. The summed E-state index contributed by atoms with van der Waals surface area (Å²) in [5, 5.41) is 0.934. The Bertz CT molecular complexity index is 732. The Labute approximate surface area is 153 Å². The molecule has 1 atom stereocenters. The smallest absolute Gasteiger partial charge is 0.162 e. The first kappa shape index (κ1) is 18.1. The maximum atomic E-state index is 12.2. The van der Waals surface area contributed by atoms with Crippen molar-refractivity contribution in [1.29, 1.82) is 0 Å². The number of carbonyl (C=O) groups is 1. The van der Waals surface area contributed by atoms with E-state index in [2.05, 4.69) is 18.8 Å². The SMILES string of the molecule is CCC(=O)c1cc(OC[C@H]2CCOC2)cc(-c2ncc(C(C)C)s2)c1. The number of hydrogen-bond acceptors (Lipinski definition) is 5. The van der Waals surface area contributed by atoms with Crippen LogP contribution in [0.25, 0.3) is 10.6 Å². The molecule has 1 saturated heterocycles.